The first-order chi connectivity index (χ1) is 7.20. The average molecular weight is 216 g/mol. The SMILES string of the molecule is CC(C(=O)N(CCO)CCO)C1CNC1. The van der Waals surface area contributed by atoms with Crippen LogP contribution in [0, 0.1) is 11.8 Å². The maximum Gasteiger partial charge on any atom is 0.225 e. The molecular weight excluding hydrogens is 196 g/mol. The number of aliphatic hydroxyl groups excluding tert-OH is 2. The summed E-state index contributed by atoms with van der Waals surface area (Å²) in [6.45, 7) is 4.20. The number of hydrogen-bond donors (Lipinski definition) is 3. The van der Waals surface area contributed by atoms with Gasteiger partial charge >= 0.3 is 0 Å². The number of aliphatic hydroxyl groups is 2. The minimum atomic E-state index is -0.0542. The lowest BCUT2D eigenvalue weighted by Gasteiger charge is -2.34. The molecule has 5 nitrogen and oxygen atoms in total. The Labute approximate surface area is 90.1 Å². The Morgan fingerprint density at radius 3 is 2.27 bits per heavy atom. The summed E-state index contributed by atoms with van der Waals surface area (Å²) in [5.74, 6) is 0.409. The van der Waals surface area contributed by atoms with E-state index in [2.05, 4.69) is 5.32 Å². The lowest BCUT2D eigenvalue weighted by molar-refractivity contribution is -0.138. The van der Waals surface area contributed by atoms with Crippen molar-refractivity contribution in [1.82, 2.24) is 10.2 Å². The first-order valence-corrected chi connectivity index (χ1v) is 5.42. The van der Waals surface area contributed by atoms with Crippen molar-refractivity contribution in [3.8, 4) is 0 Å². The summed E-state index contributed by atoms with van der Waals surface area (Å²) >= 11 is 0. The first kappa shape index (κ1) is 12.4. The molecule has 3 N–H and O–H groups in total. The molecule has 0 aromatic rings. The number of nitrogens with one attached hydrogen (secondary N) is 1. The Kier molecular flexibility index (Phi) is 5.01. The topological polar surface area (TPSA) is 72.8 Å². The molecular formula is C10H20N2O3. The maximum absolute atomic E-state index is 11.9. The number of carbonyl (C=O) groups excluding carboxylic acids is 1. The smallest absolute Gasteiger partial charge is 0.225 e. The third-order valence-corrected chi connectivity index (χ3v) is 2.96. The predicted molar refractivity (Wildman–Crippen MR) is 56.3 cm³/mol. The van der Waals surface area contributed by atoms with E-state index in [1.54, 1.807) is 0 Å². The van der Waals surface area contributed by atoms with Gasteiger partial charge in [0.25, 0.3) is 0 Å². The summed E-state index contributed by atoms with van der Waals surface area (Å²) in [5, 5.41) is 20.8. The molecule has 15 heavy (non-hydrogen) atoms. The van der Waals surface area contributed by atoms with Crippen LogP contribution in [0.1, 0.15) is 6.92 Å². The van der Waals surface area contributed by atoms with E-state index in [9.17, 15) is 4.79 Å². The van der Waals surface area contributed by atoms with Crippen molar-refractivity contribution in [2.75, 3.05) is 39.4 Å². The summed E-state index contributed by atoms with van der Waals surface area (Å²) in [6, 6.07) is 0. The molecule has 1 atom stereocenters. The van der Waals surface area contributed by atoms with Gasteiger partial charge in [0, 0.05) is 19.0 Å². The summed E-state index contributed by atoms with van der Waals surface area (Å²) in [4.78, 5) is 13.5. The number of amides is 1. The van der Waals surface area contributed by atoms with Gasteiger partial charge in [-0.05, 0) is 19.0 Å². The van der Waals surface area contributed by atoms with Crippen molar-refractivity contribution < 1.29 is 15.0 Å². The Balaban J connectivity index is 2.45. The van der Waals surface area contributed by atoms with Crippen molar-refractivity contribution in [2.45, 2.75) is 6.92 Å². The fourth-order valence-electron chi connectivity index (χ4n) is 1.73. The van der Waals surface area contributed by atoms with Gasteiger partial charge in [-0.15, -0.1) is 0 Å². The largest absolute Gasteiger partial charge is 0.395 e. The van der Waals surface area contributed by atoms with E-state index in [4.69, 9.17) is 10.2 Å². The minimum absolute atomic E-state index is 0.0238. The van der Waals surface area contributed by atoms with E-state index < -0.39 is 0 Å². The van der Waals surface area contributed by atoms with Gasteiger partial charge in [0.1, 0.15) is 0 Å². The Morgan fingerprint density at radius 1 is 1.40 bits per heavy atom. The van der Waals surface area contributed by atoms with Crippen molar-refractivity contribution >= 4 is 5.91 Å². The molecule has 0 radical (unpaired) electrons. The molecule has 1 saturated heterocycles. The second kappa shape index (κ2) is 6.05. The third-order valence-electron chi connectivity index (χ3n) is 2.96. The van der Waals surface area contributed by atoms with Gasteiger partial charge in [-0.3, -0.25) is 4.79 Å². The van der Waals surface area contributed by atoms with E-state index in [1.165, 1.54) is 4.90 Å². The number of carbonyl (C=O) groups is 1. The van der Waals surface area contributed by atoms with Crippen molar-refractivity contribution in [3.05, 3.63) is 0 Å². The Morgan fingerprint density at radius 2 is 1.93 bits per heavy atom. The lowest BCUT2D eigenvalue weighted by Crippen LogP contribution is -2.51. The molecule has 1 aliphatic rings. The highest BCUT2D eigenvalue weighted by molar-refractivity contribution is 5.79. The molecule has 0 aliphatic carbocycles. The van der Waals surface area contributed by atoms with E-state index >= 15 is 0 Å². The zero-order valence-electron chi connectivity index (χ0n) is 9.15. The molecule has 88 valence electrons. The summed E-state index contributed by atoms with van der Waals surface area (Å²) in [6.07, 6.45) is 0. The van der Waals surface area contributed by atoms with Crippen LogP contribution in [0.2, 0.25) is 0 Å². The summed E-state index contributed by atoms with van der Waals surface area (Å²) in [5.41, 5.74) is 0. The van der Waals surface area contributed by atoms with Gasteiger partial charge in [0.05, 0.1) is 13.2 Å². The zero-order valence-corrected chi connectivity index (χ0v) is 9.15. The molecule has 0 aromatic heterocycles. The van der Waals surface area contributed by atoms with Crippen LogP contribution in [0.4, 0.5) is 0 Å². The van der Waals surface area contributed by atoms with Crippen LogP contribution in [0.25, 0.3) is 0 Å². The Bertz CT molecular complexity index is 201. The third kappa shape index (κ3) is 3.15. The van der Waals surface area contributed by atoms with Crippen LogP contribution in [0.15, 0.2) is 0 Å². The fourth-order valence-corrected chi connectivity index (χ4v) is 1.73. The second-order valence-electron chi connectivity index (χ2n) is 3.98. The van der Waals surface area contributed by atoms with Crippen LogP contribution in [0.3, 0.4) is 0 Å². The predicted octanol–water partition coefficient (Wildman–Crippen LogP) is -1.34. The van der Waals surface area contributed by atoms with Gasteiger partial charge < -0.3 is 20.4 Å². The number of rotatable bonds is 6. The highest BCUT2D eigenvalue weighted by atomic mass is 16.3. The number of nitrogens with zero attached hydrogens (tertiary/aromatic N) is 1. The van der Waals surface area contributed by atoms with Gasteiger partial charge in [-0.2, -0.15) is 0 Å². The molecule has 0 saturated carbocycles. The molecule has 0 aromatic carbocycles. The highest BCUT2D eigenvalue weighted by Gasteiger charge is 2.31. The van der Waals surface area contributed by atoms with Gasteiger partial charge in [-0.25, -0.2) is 0 Å². The summed E-state index contributed by atoms with van der Waals surface area (Å²) < 4.78 is 0. The second-order valence-corrected chi connectivity index (χ2v) is 3.98. The molecule has 1 fully saturated rings. The van der Waals surface area contributed by atoms with E-state index in [-0.39, 0.29) is 25.0 Å². The monoisotopic (exact) mass is 216 g/mol. The van der Waals surface area contributed by atoms with E-state index in [0.717, 1.165) is 13.1 Å². The molecule has 1 amide bonds. The highest BCUT2D eigenvalue weighted by Crippen LogP contribution is 2.18. The molecule has 0 bridgehead atoms. The van der Waals surface area contributed by atoms with E-state index in [1.807, 2.05) is 6.92 Å². The van der Waals surface area contributed by atoms with Crippen LogP contribution in [0.5, 0.6) is 0 Å². The standard InChI is InChI=1S/C10H20N2O3/c1-8(9-6-11-7-9)10(15)12(2-4-13)3-5-14/h8-9,11,13-14H,2-7H2,1H3. The number of hydrogen-bond acceptors (Lipinski definition) is 4. The normalized spacial score (nSPS) is 18.3. The summed E-state index contributed by atoms with van der Waals surface area (Å²) in [7, 11) is 0. The fraction of sp³-hybridized carbons (Fsp3) is 0.900. The van der Waals surface area contributed by atoms with E-state index in [0.29, 0.717) is 19.0 Å². The molecule has 1 heterocycles. The van der Waals surface area contributed by atoms with Crippen LogP contribution < -0.4 is 5.32 Å². The first-order valence-electron chi connectivity index (χ1n) is 5.42. The Hall–Kier alpha value is -0.650. The molecule has 1 unspecified atom stereocenters. The minimum Gasteiger partial charge on any atom is -0.395 e. The van der Waals surface area contributed by atoms with Crippen LogP contribution in [-0.4, -0.2) is 60.4 Å². The van der Waals surface area contributed by atoms with Crippen molar-refractivity contribution in [1.29, 1.82) is 0 Å². The van der Waals surface area contributed by atoms with Gasteiger partial charge in [-0.1, -0.05) is 6.92 Å². The molecule has 1 rings (SSSR count). The molecule has 0 spiro atoms. The quantitative estimate of drug-likeness (QED) is 0.513. The maximum atomic E-state index is 11.9. The van der Waals surface area contributed by atoms with Crippen LogP contribution in [-0.2, 0) is 4.79 Å². The lowest BCUT2D eigenvalue weighted by atomic mass is 9.88. The van der Waals surface area contributed by atoms with Crippen molar-refractivity contribution in [2.24, 2.45) is 11.8 Å². The van der Waals surface area contributed by atoms with Crippen LogP contribution >= 0.6 is 0 Å². The van der Waals surface area contributed by atoms with Crippen molar-refractivity contribution in [3.63, 3.8) is 0 Å². The van der Waals surface area contributed by atoms with Gasteiger partial charge in [0.15, 0.2) is 0 Å². The molecule has 5 heteroatoms. The molecule has 1 aliphatic heterocycles. The average Bonchev–Trinajstić information content (AvgIpc) is 2.13. The van der Waals surface area contributed by atoms with Gasteiger partial charge in [0.2, 0.25) is 5.91 Å². The zero-order chi connectivity index (χ0) is 11.3.